The number of fused-ring (bicyclic) bond motifs is 1. The Morgan fingerprint density at radius 1 is 1.29 bits per heavy atom. The number of benzene rings is 1. The lowest BCUT2D eigenvalue weighted by Crippen LogP contribution is -2.44. The number of nitrogens with one attached hydrogen (secondary N) is 1. The lowest BCUT2D eigenvalue weighted by molar-refractivity contribution is 0.0122. The van der Waals surface area contributed by atoms with Gasteiger partial charge in [0.2, 0.25) is 6.79 Å². The van der Waals surface area contributed by atoms with E-state index in [1.165, 1.54) is 0 Å². The molecule has 2 heterocycles. The molecular weight excluding hydrogens is 220 g/mol. The van der Waals surface area contributed by atoms with E-state index in [2.05, 4.69) is 5.32 Å². The van der Waals surface area contributed by atoms with E-state index < -0.39 is 0 Å². The van der Waals surface area contributed by atoms with Gasteiger partial charge < -0.3 is 25.3 Å². The first-order valence-electron chi connectivity index (χ1n) is 5.82. The van der Waals surface area contributed by atoms with Crippen LogP contribution in [0.5, 0.6) is 11.5 Å². The summed E-state index contributed by atoms with van der Waals surface area (Å²) in [4.78, 5) is 0. The molecule has 0 aliphatic carbocycles. The Hall–Kier alpha value is -1.30. The molecule has 0 bridgehead atoms. The Kier molecular flexibility index (Phi) is 2.88. The molecule has 17 heavy (non-hydrogen) atoms. The molecule has 1 fully saturated rings. The van der Waals surface area contributed by atoms with Gasteiger partial charge in [-0.3, -0.25) is 0 Å². The molecule has 1 aromatic carbocycles. The summed E-state index contributed by atoms with van der Waals surface area (Å²) in [5.41, 5.74) is 7.22. The number of hydrogen-bond acceptors (Lipinski definition) is 5. The van der Waals surface area contributed by atoms with Gasteiger partial charge in [-0.25, -0.2) is 0 Å². The molecule has 1 saturated heterocycles. The fourth-order valence-corrected chi connectivity index (χ4v) is 2.15. The standard InChI is InChI=1S/C12H16N2O3/c13-12(11-6-14-3-4-15-11)8-1-2-9-10(5-8)17-7-16-9/h1-2,5,11-12,14H,3-4,6-7,13H2. The Labute approximate surface area is 99.8 Å². The maximum Gasteiger partial charge on any atom is 0.231 e. The van der Waals surface area contributed by atoms with Gasteiger partial charge in [-0.05, 0) is 17.7 Å². The molecule has 2 aliphatic rings. The van der Waals surface area contributed by atoms with Gasteiger partial charge in [0.15, 0.2) is 11.5 Å². The summed E-state index contributed by atoms with van der Waals surface area (Å²) in [5, 5.41) is 3.28. The normalized spacial score (nSPS) is 24.6. The molecule has 3 rings (SSSR count). The van der Waals surface area contributed by atoms with Crippen LogP contribution in [0.1, 0.15) is 11.6 Å². The van der Waals surface area contributed by atoms with Crippen LogP contribution in [0.2, 0.25) is 0 Å². The van der Waals surface area contributed by atoms with Crippen molar-refractivity contribution in [2.45, 2.75) is 12.1 Å². The molecule has 0 amide bonds. The van der Waals surface area contributed by atoms with E-state index in [4.69, 9.17) is 19.9 Å². The summed E-state index contributed by atoms with van der Waals surface area (Å²) in [6, 6.07) is 5.66. The molecule has 5 nitrogen and oxygen atoms in total. The monoisotopic (exact) mass is 236 g/mol. The smallest absolute Gasteiger partial charge is 0.231 e. The molecule has 0 spiro atoms. The number of nitrogens with two attached hydrogens (primary N) is 1. The zero-order chi connectivity index (χ0) is 11.7. The molecule has 5 heteroatoms. The van der Waals surface area contributed by atoms with Crippen LogP contribution in [-0.4, -0.2) is 32.6 Å². The van der Waals surface area contributed by atoms with Gasteiger partial charge in [0.05, 0.1) is 18.8 Å². The maximum atomic E-state index is 6.20. The van der Waals surface area contributed by atoms with Crippen LogP contribution >= 0.6 is 0 Å². The highest BCUT2D eigenvalue weighted by molar-refractivity contribution is 5.45. The molecule has 2 atom stereocenters. The van der Waals surface area contributed by atoms with Crippen molar-refractivity contribution in [3.8, 4) is 11.5 Å². The summed E-state index contributed by atoms with van der Waals surface area (Å²) in [7, 11) is 0. The first-order chi connectivity index (χ1) is 8.34. The van der Waals surface area contributed by atoms with E-state index in [0.29, 0.717) is 6.61 Å². The van der Waals surface area contributed by atoms with Gasteiger partial charge in [0.25, 0.3) is 0 Å². The minimum Gasteiger partial charge on any atom is -0.454 e. The third kappa shape index (κ3) is 2.09. The molecule has 2 aliphatic heterocycles. The minimum atomic E-state index is -0.141. The quantitative estimate of drug-likeness (QED) is 0.778. The predicted octanol–water partition coefficient (Wildman–Crippen LogP) is 0.404. The zero-order valence-corrected chi connectivity index (χ0v) is 9.52. The van der Waals surface area contributed by atoms with Crippen molar-refractivity contribution >= 4 is 0 Å². The lowest BCUT2D eigenvalue weighted by Gasteiger charge is -2.28. The summed E-state index contributed by atoms with van der Waals surface area (Å²) in [5.74, 6) is 1.55. The van der Waals surface area contributed by atoms with E-state index >= 15 is 0 Å². The fourth-order valence-electron chi connectivity index (χ4n) is 2.15. The summed E-state index contributed by atoms with van der Waals surface area (Å²) in [6.45, 7) is 2.68. The van der Waals surface area contributed by atoms with Gasteiger partial charge in [-0.2, -0.15) is 0 Å². The van der Waals surface area contributed by atoms with Gasteiger partial charge >= 0.3 is 0 Å². The van der Waals surface area contributed by atoms with Crippen molar-refractivity contribution in [1.29, 1.82) is 0 Å². The third-order valence-corrected chi connectivity index (χ3v) is 3.14. The van der Waals surface area contributed by atoms with Crippen molar-refractivity contribution in [2.24, 2.45) is 5.73 Å². The van der Waals surface area contributed by atoms with Crippen LogP contribution in [0.4, 0.5) is 0 Å². The molecule has 3 N–H and O–H groups in total. The van der Waals surface area contributed by atoms with E-state index in [9.17, 15) is 0 Å². The fraction of sp³-hybridized carbons (Fsp3) is 0.500. The second-order valence-corrected chi connectivity index (χ2v) is 4.25. The maximum absolute atomic E-state index is 6.20. The van der Waals surface area contributed by atoms with E-state index in [1.54, 1.807) is 0 Å². The van der Waals surface area contributed by atoms with Gasteiger partial charge in [-0.1, -0.05) is 6.07 Å². The third-order valence-electron chi connectivity index (χ3n) is 3.14. The van der Waals surface area contributed by atoms with Crippen molar-refractivity contribution in [2.75, 3.05) is 26.5 Å². The zero-order valence-electron chi connectivity index (χ0n) is 9.52. The van der Waals surface area contributed by atoms with Gasteiger partial charge in [0, 0.05) is 13.1 Å². The molecule has 92 valence electrons. The SMILES string of the molecule is NC(c1ccc2c(c1)OCO2)C1CNCCO1. The Balaban J connectivity index is 1.78. The summed E-state index contributed by atoms with van der Waals surface area (Å²) < 4.78 is 16.3. The second kappa shape index (κ2) is 4.52. The number of hydrogen-bond donors (Lipinski definition) is 2. The van der Waals surface area contributed by atoms with Crippen LogP contribution in [-0.2, 0) is 4.74 Å². The van der Waals surface area contributed by atoms with Crippen LogP contribution in [0.25, 0.3) is 0 Å². The first kappa shape index (κ1) is 10.8. The average molecular weight is 236 g/mol. The van der Waals surface area contributed by atoms with Crippen LogP contribution in [0.15, 0.2) is 18.2 Å². The number of rotatable bonds is 2. The largest absolute Gasteiger partial charge is 0.454 e. The molecular formula is C12H16N2O3. The molecule has 0 radical (unpaired) electrons. The second-order valence-electron chi connectivity index (χ2n) is 4.25. The van der Waals surface area contributed by atoms with Crippen molar-refractivity contribution in [1.82, 2.24) is 5.32 Å². The van der Waals surface area contributed by atoms with Crippen molar-refractivity contribution in [3.05, 3.63) is 23.8 Å². The van der Waals surface area contributed by atoms with Crippen LogP contribution in [0, 0.1) is 0 Å². The molecule has 0 saturated carbocycles. The summed E-state index contributed by atoms with van der Waals surface area (Å²) >= 11 is 0. The average Bonchev–Trinajstić information content (AvgIpc) is 2.86. The Morgan fingerprint density at radius 2 is 2.18 bits per heavy atom. The number of ether oxygens (including phenoxy) is 3. The highest BCUT2D eigenvalue weighted by atomic mass is 16.7. The predicted molar refractivity (Wildman–Crippen MR) is 62.1 cm³/mol. The highest BCUT2D eigenvalue weighted by Crippen LogP contribution is 2.34. The highest BCUT2D eigenvalue weighted by Gasteiger charge is 2.24. The van der Waals surface area contributed by atoms with Crippen LogP contribution in [0.3, 0.4) is 0 Å². The Bertz CT molecular complexity index is 405. The van der Waals surface area contributed by atoms with Crippen molar-refractivity contribution < 1.29 is 14.2 Å². The van der Waals surface area contributed by atoms with Gasteiger partial charge in [0.1, 0.15) is 0 Å². The van der Waals surface area contributed by atoms with E-state index in [0.717, 1.165) is 30.2 Å². The first-order valence-corrected chi connectivity index (χ1v) is 5.82. The molecule has 1 aromatic rings. The topological polar surface area (TPSA) is 65.7 Å². The van der Waals surface area contributed by atoms with E-state index in [1.807, 2.05) is 18.2 Å². The lowest BCUT2D eigenvalue weighted by atomic mass is 10.0. The van der Waals surface area contributed by atoms with Gasteiger partial charge in [-0.15, -0.1) is 0 Å². The summed E-state index contributed by atoms with van der Waals surface area (Å²) in [6.07, 6.45) is 0.0177. The Morgan fingerprint density at radius 3 is 3.00 bits per heavy atom. The molecule has 2 unspecified atom stereocenters. The molecule has 0 aromatic heterocycles. The number of morpholine rings is 1. The minimum absolute atomic E-state index is 0.0177. The van der Waals surface area contributed by atoms with E-state index in [-0.39, 0.29) is 18.9 Å². The van der Waals surface area contributed by atoms with Crippen LogP contribution < -0.4 is 20.5 Å². The van der Waals surface area contributed by atoms with Crippen molar-refractivity contribution in [3.63, 3.8) is 0 Å².